The predicted molar refractivity (Wildman–Crippen MR) is 118 cm³/mol. The van der Waals surface area contributed by atoms with Crippen LogP contribution in [0.4, 0.5) is 0 Å². The Morgan fingerprint density at radius 3 is 1.61 bits per heavy atom. The minimum Gasteiger partial charge on any atom is -0.379 e. The molecule has 170 valence electrons. The predicted octanol–water partition coefficient (Wildman–Crippen LogP) is 6.25. The second kappa shape index (κ2) is 22.2. The number of unbranched alkanes of at least 4 members (excludes halogenated alkanes) is 11. The zero-order chi connectivity index (χ0) is 20.8. The summed E-state index contributed by atoms with van der Waals surface area (Å²) in [6.45, 7) is 4.41. The molecular formula is C20H42BrO6P. The first-order valence-electron chi connectivity index (χ1n) is 11.0. The van der Waals surface area contributed by atoms with Crippen molar-refractivity contribution in [3.8, 4) is 0 Å². The van der Waals surface area contributed by atoms with Crippen molar-refractivity contribution in [1.82, 2.24) is 0 Å². The summed E-state index contributed by atoms with van der Waals surface area (Å²) in [5.74, 6) is 0. The molecule has 0 heterocycles. The van der Waals surface area contributed by atoms with Crippen LogP contribution >= 0.6 is 23.8 Å². The average Bonchev–Trinajstić information content (AvgIpc) is 2.68. The van der Waals surface area contributed by atoms with Gasteiger partial charge < -0.3 is 14.4 Å². The molecule has 0 amide bonds. The van der Waals surface area contributed by atoms with Gasteiger partial charge in [-0.25, -0.2) is 4.57 Å². The Morgan fingerprint density at radius 1 is 0.643 bits per heavy atom. The molecule has 0 spiro atoms. The summed E-state index contributed by atoms with van der Waals surface area (Å²) < 4.78 is 31.6. The monoisotopic (exact) mass is 488 g/mol. The standard InChI is InChI=1S/C20H42BrO6P/c1-2-3-4-5-6-7-8-9-10-11-12-13-15-24-17-18-25-19-20-27-28(22,23)26-16-14-21/h2-20H2,1H3,(H,22,23). The first kappa shape index (κ1) is 28.5. The molecule has 0 radical (unpaired) electrons. The van der Waals surface area contributed by atoms with Crippen molar-refractivity contribution in [2.24, 2.45) is 0 Å². The summed E-state index contributed by atoms with van der Waals surface area (Å²) in [6, 6.07) is 0. The van der Waals surface area contributed by atoms with Crippen LogP contribution < -0.4 is 0 Å². The number of phosphoric acid groups is 1. The summed E-state index contributed by atoms with van der Waals surface area (Å²) in [4.78, 5) is 9.30. The summed E-state index contributed by atoms with van der Waals surface area (Å²) >= 11 is 3.11. The maximum atomic E-state index is 11.4. The number of rotatable bonds is 23. The van der Waals surface area contributed by atoms with Crippen molar-refractivity contribution in [2.75, 3.05) is 45.0 Å². The molecule has 6 nitrogen and oxygen atoms in total. The lowest BCUT2D eigenvalue weighted by Gasteiger charge is -2.11. The highest BCUT2D eigenvalue weighted by atomic mass is 79.9. The molecule has 28 heavy (non-hydrogen) atoms. The van der Waals surface area contributed by atoms with E-state index in [2.05, 4.69) is 27.4 Å². The third kappa shape index (κ3) is 22.8. The lowest BCUT2D eigenvalue weighted by atomic mass is 10.1. The largest absolute Gasteiger partial charge is 0.472 e. The molecule has 1 unspecified atom stereocenters. The van der Waals surface area contributed by atoms with Gasteiger partial charge >= 0.3 is 7.82 Å². The molecule has 0 aliphatic carbocycles. The lowest BCUT2D eigenvalue weighted by molar-refractivity contribution is 0.0294. The second-order valence-electron chi connectivity index (χ2n) is 6.94. The van der Waals surface area contributed by atoms with Gasteiger partial charge in [0.2, 0.25) is 0 Å². The van der Waals surface area contributed by atoms with E-state index in [9.17, 15) is 9.46 Å². The average molecular weight is 489 g/mol. The number of hydrogen-bond donors (Lipinski definition) is 1. The van der Waals surface area contributed by atoms with Crippen molar-refractivity contribution in [3.05, 3.63) is 0 Å². The fraction of sp³-hybridized carbons (Fsp3) is 1.00. The van der Waals surface area contributed by atoms with E-state index >= 15 is 0 Å². The van der Waals surface area contributed by atoms with Crippen LogP contribution in [-0.2, 0) is 23.1 Å². The van der Waals surface area contributed by atoms with Gasteiger partial charge in [0.05, 0.1) is 33.0 Å². The zero-order valence-electron chi connectivity index (χ0n) is 17.7. The topological polar surface area (TPSA) is 74.2 Å². The Morgan fingerprint density at radius 2 is 1.07 bits per heavy atom. The quantitative estimate of drug-likeness (QED) is 0.104. The van der Waals surface area contributed by atoms with Crippen LogP contribution in [0.25, 0.3) is 0 Å². The highest BCUT2D eigenvalue weighted by molar-refractivity contribution is 9.09. The van der Waals surface area contributed by atoms with E-state index in [1.807, 2.05) is 0 Å². The third-order valence-corrected chi connectivity index (χ3v) is 5.67. The van der Waals surface area contributed by atoms with Gasteiger partial charge in [0.25, 0.3) is 0 Å². The summed E-state index contributed by atoms with van der Waals surface area (Å²) in [5, 5.41) is 0.480. The van der Waals surface area contributed by atoms with Gasteiger partial charge in [-0.2, -0.15) is 0 Å². The van der Waals surface area contributed by atoms with Gasteiger partial charge in [0.1, 0.15) is 0 Å². The van der Waals surface area contributed by atoms with Crippen molar-refractivity contribution in [1.29, 1.82) is 0 Å². The third-order valence-electron chi connectivity index (χ3n) is 4.33. The van der Waals surface area contributed by atoms with Gasteiger partial charge in [0.15, 0.2) is 0 Å². The Hall–Kier alpha value is 0.510. The van der Waals surface area contributed by atoms with Crippen molar-refractivity contribution in [2.45, 2.75) is 84.0 Å². The highest BCUT2D eigenvalue weighted by Gasteiger charge is 2.19. The van der Waals surface area contributed by atoms with Gasteiger partial charge in [0, 0.05) is 11.9 Å². The van der Waals surface area contributed by atoms with Gasteiger partial charge in [-0.05, 0) is 6.42 Å². The number of hydrogen-bond acceptors (Lipinski definition) is 5. The molecule has 8 heteroatoms. The summed E-state index contributed by atoms with van der Waals surface area (Å²) in [7, 11) is -3.94. The molecule has 0 aromatic carbocycles. The van der Waals surface area contributed by atoms with Crippen LogP contribution in [0.1, 0.15) is 84.0 Å². The molecule has 0 aromatic rings. The Kier molecular flexibility index (Phi) is 22.6. The van der Waals surface area contributed by atoms with Crippen LogP contribution in [0.2, 0.25) is 0 Å². The number of phosphoric ester groups is 1. The van der Waals surface area contributed by atoms with E-state index in [-0.39, 0.29) is 19.8 Å². The molecule has 1 N–H and O–H groups in total. The van der Waals surface area contributed by atoms with Crippen LogP contribution in [0.15, 0.2) is 0 Å². The zero-order valence-corrected chi connectivity index (χ0v) is 20.2. The van der Waals surface area contributed by atoms with Crippen molar-refractivity contribution >= 4 is 23.8 Å². The molecule has 0 aromatic heterocycles. The number of halogens is 1. The van der Waals surface area contributed by atoms with Crippen LogP contribution in [0, 0.1) is 0 Å². The Balaban J connectivity index is 3.13. The van der Waals surface area contributed by atoms with E-state index in [4.69, 9.17) is 14.0 Å². The molecule has 1 atom stereocenters. The first-order valence-corrected chi connectivity index (χ1v) is 13.6. The molecule has 0 bridgehead atoms. The van der Waals surface area contributed by atoms with Crippen LogP contribution in [0.3, 0.4) is 0 Å². The molecule has 0 rings (SSSR count). The molecule has 0 fully saturated rings. The first-order chi connectivity index (χ1) is 13.6. The minimum atomic E-state index is -3.94. The van der Waals surface area contributed by atoms with E-state index in [1.165, 1.54) is 70.6 Å². The highest BCUT2D eigenvalue weighted by Crippen LogP contribution is 2.42. The smallest absolute Gasteiger partial charge is 0.379 e. The van der Waals surface area contributed by atoms with E-state index in [1.54, 1.807) is 0 Å². The van der Waals surface area contributed by atoms with E-state index in [0.717, 1.165) is 13.0 Å². The van der Waals surface area contributed by atoms with E-state index < -0.39 is 7.82 Å². The van der Waals surface area contributed by atoms with Gasteiger partial charge in [-0.15, -0.1) is 0 Å². The summed E-state index contributed by atoms with van der Waals surface area (Å²) in [5.41, 5.74) is 0. The SMILES string of the molecule is CCCCCCCCCCCCCCOCCOCCOP(=O)(O)OCCBr. The molecule has 0 saturated heterocycles. The number of ether oxygens (including phenoxy) is 2. The van der Waals surface area contributed by atoms with E-state index in [0.29, 0.717) is 18.5 Å². The fourth-order valence-electron chi connectivity index (χ4n) is 2.77. The molecular weight excluding hydrogens is 447 g/mol. The second-order valence-corrected chi connectivity index (χ2v) is 9.18. The minimum absolute atomic E-state index is 0.0226. The van der Waals surface area contributed by atoms with Crippen LogP contribution in [-0.4, -0.2) is 49.9 Å². The Bertz CT molecular complexity index is 360. The van der Waals surface area contributed by atoms with Crippen LogP contribution in [0.5, 0.6) is 0 Å². The Labute approximate surface area is 180 Å². The maximum absolute atomic E-state index is 11.4. The molecule has 0 aliphatic heterocycles. The molecule has 0 saturated carbocycles. The fourth-order valence-corrected chi connectivity index (χ4v) is 3.88. The molecule has 0 aliphatic rings. The number of alkyl halides is 1. The van der Waals surface area contributed by atoms with Crippen molar-refractivity contribution < 1.29 is 28.0 Å². The summed E-state index contributed by atoms with van der Waals surface area (Å²) in [6.07, 6.45) is 16.1. The normalized spacial score (nSPS) is 13.7. The van der Waals surface area contributed by atoms with Crippen molar-refractivity contribution in [3.63, 3.8) is 0 Å². The maximum Gasteiger partial charge on any atom is 0.472 e. The lowest BCUT2D eigenvalue weighted by Crippen LogP contribution is -2.10. The van der Waals surface area contributed by atoms with Gasteiger partial charge in [-0.1, -0.05) is 93.5 Å². The van der Waals surface area contributed by atoms with Gasteiger partial charge in [-0.3, -0.25) is 9.05 Å².